The van der Waals surface area contributed by atoms with E-state index >= 15 is 0 Å². The van der Waals surface area contributed by atoms with Crippen molar-refractivity contribution in [2.45, 2.75) is 125 Å². The molecule has 1 saturated heterocycles. The first-order chi connectivity index (χ1) is 20.1. The van der Waals surface area contributed by atoms with Crippen LogP contribution in [0.2, 0.25) is 0 Å². The van der Waals surface area contributed by atoms with Gasteiger partial charge in [0.15, 0.2) is 0 Å². The molecule has 0 aromatic heterocycles. The summed E-state index contributed by atoms with van der Waals surface area (Å²) in [6.07, 6.45) is 12.4. The molecule has 0 radical (unpaired) electrons. The van der Waals surface area contributed by atoms with Crippen LogP contribution in [-0.4, -0.2) is 35.9 Å². The number of ether oxygens (including phenoxy) is 2. The van der Waals surface area contributed by atoms with E-state index in [1.165, 1.54) is 57.4 Å². The Morgan fingerprint density at radius 2 is 1.49 bits per heavy atom. The van der Waals surface area contributed by atoms with Crippen molar-refractivity contribution in [1.82, 2.24) is 0 Å². The summed E-state index contributed by atoms with van der Waals surface area (Å²) < 4.78 is 13.0. The second-order valence-electron chi connectivity index (χ2n) is 17.9. The number of fused-ring (bicyclic) bond motifs is 5. The molecule has 236 valence electrons. The van der Waals surface area contributed by atoms with Crippen LogP contribution in [0.1, 0.15) is 133 Å². The van der Waals surface area contributed by atoms with Crippen molar-refractivity contribution in [2.24, 2.45) is 56.2 Å². The van der Waals surface area contributed by atoms with Gasteiger partial charge in [0, 0.05) is 5.41 Å². The first-order valence-corrected chi connectivity index (χ1v) is 17.3. The maximum absolute atomic E-state index is 13.4. The second-order valence-corrected chi connectivity index (χ2v) is 17.9. The van der Waals surface area contributed by atoms with Crippen LogP contribution in [0.25, 0.3) is 0 Å². The third-order valence-corrected chi connectivity index (χ3v) is 15.7. The maximum Gasteiger partial charge on any atom is 0.339 e. The zero-order chi connectivity index (χ0) is 30.8. The van der Waals surface area contributed by atoms with Crippen LogP contribution in [0.5, 0.6) is 0 Å². The largest absolute Gasteiger partial charge is 0.478 e. The Kier molecular flexibility index (Phi) is 6.47. The van der Waals surface area contributed by atoms with Crippen LogP contribution in [0, 0.1) is 56.2 Å². The lowest BCUT2D eigenvalue weighted by Crippen LogP contribution is -2.68. The van der Waals surface area contributed by atoms with Crippen molar-refractivity contribution < 1.29 is 24.2 Å². The monoisotopic (exact) mass is 590 g/mol. The molecular formula is C38H54O5. The van der Waals surface area contributed by atoms with E-state index in [0.29, 0.717) is 40.1 Å². The Morgan fingerprint density at radius 1 is 0.791 bits per heavy atom. The topological polar surface area (TPSA) is 72.8 Å². The summed E-state index contributed by atoms with van der Waals surface area (Å²) in [7, 11) is 0. The van der Waals surface area contributed by atoms with Gasteiger partial charge in [0.1, 0.15) is 6.10 Å². The summed E-state index contributed by atoms with van der Waals surface area (Å²) >= 11 is 0. The number of hydrogen-bond acceptors (Lipinski definition) is 4. The molecular weight excluding hydrogens is 536 g/mol. The number of carboxylic acids is 1. The quantitative estimate of drug-likeness (QED) is 0.356. The Labute approximate surface area is 258 Å². The molecule has 0 unspecified atom stereocenters. The van der Waals surface area contributed by atoms with Crippen LogP contribution in [0.4, 0.5) is 0 Å². The molecule has 5 heteroatoms. The maximum atomic E-state index is 13.4. The van der Waals surface area contributed by atoms with E-state index in [1.807, 2.05) is 0 Å². The number of aromatic carboxylic acids is 1. The normalized spacial score (nSPS) is 47.3. The summed E-state index contributed by atoms with van der Waals surface area (Å²) in [5.41, 5.74) is 1.49. The molecule has 10 atom stereocenters. The lowest BCUT2D eigenvalue weighted by Gasteiger charge is -2.73. The highest BCUT2D eigenvalue weighted by Gasteiger charge is 2.73. The smallest absolute Gasteiger partial charge is 0.339 e. The summed E-state index contributed by atoms with van der Waals surface area (Å²) in [6, 6.07) is 6.43. The molecule has 1 aromatic carbocycles. The van der Waals surface area contributed by atoms with Gasteiger partial charge in [0.2, 0.25) is 0 Å². The molecule has 6 aliphatic rings. The Balaban J connectivity index is 1.16. The second kappa shape index (κ2) is 9.33. The minimum Gasteiger partial charge on any atom is -0.478 e. The van der Waals surface area contributed by atoms with Gasteiger partial charge < -0.3 is 14.6 Å². The lowest BCUT2D eigenvalue weighted by molar-refractivity contribution is -0.252. The number of carbonyl (C=O) groups excluding carboxylic acids is 1. The van der Waals surface area contributed by atoms with Crippen molar-refractivity contribution in [1.29, 1.82) is 0 Å². The highest BCUT2D eigenvalue weighted by atomic mass is 16.5. The standard InChI is InChI=1S/C38H54O5/c1-33(2)18-20-38-21-19-36(6)25(29(38)30(33)42-22-38)12-13-27-35(5)16-15-28(34(3,4)26(35)14-17-37(27,36)7)43-32(41)24-11-9-8-10-23(24)31(39)40/h8-11,25-30H,12-22H2,1-7H3,(H,39,40)/t25-,26-,27-,28+,29+,30-,35-,36+,37+,38-/m0/s1. The number of hydrogen-bond donors (Lipinski definition) is 1. The first kappa shape index (κ1) is 29.8. The summed E-state index contributed by atoms with van der Waals surface area (Å²) in [4.78, 5) is 25.2. The summed E-state index contributed by atoms with van der Waals surface area (Å²) in [5.74, 6) is 0.976. The Hall–Kier alpha value is -1.88. The van der Waals surface area contributed by atoms with Gasteiger partial charge in [0.05, 0.1) is 23.8 Å². The molecule has 1 aliphatic heterocycles. The zero-order valence-corrected chi connectivity index (χ0v) is 27.6. The van der Waals surface area contributed by atoms with Crippen LogP contribution in [0.3, 0.4) is 0 Å². The van der Waals surface area contributed by atoms with E-state index in [2.05, 4.69) is 48.5 Å². The van der Waals surface area contributed by atoms with E-state index in [-0.39, 0.29) is 33.5 Å². The van der Waals surface area contributed by atoms with E-state index in [4.69, 9.17) is 9.47 Å². The third-order valence-electron chi connectivity index (χ3n) is 15.7. The van der Waals surface area contributed by atoms with Crippen molar-refractivity contribution >= 4 is 11.9 Å². The van der Waals surface area contributed by atoms with Crippen LogP contribution in [0.15, 0.2) is 24.3 Å². The predicted octanol–water partition coefficient (Wildman–Crippen LogP) is 8.80. The lowest BCUT2D eigenvalue weighted by atomic mass is 9.31. The van der Waals surface area contributed by atoms with Crippen molar-refractivity contribution in [3.63, 3.8) is 0 Å². The highest BCUT2D eigenvalue weighted by Crippen LogP contribution is 2.78. The van der Waals surface area contributed by atoms with Gasteiger partial charge in [-0.1, -0.05) is 60.6 Å². The Bertz CT molecular complexity index is 1330. The molecule has 1 aromatic rings. The van der Waals surface area contributed by atoms with Gasteiger partial charge in [-0.05, 0) is 127 Å². The van der Waals surface area contributed by atoms with Gasteiger partial charge in [-0.3, -0.25) is 0 Å². The molecule has 7 rings (SSSR count). The van der Waals surface area contributed by atoms with Crippen LogP contribution in [-0.2, 0) is 9.47 Å². The highest BCUT2D eigenvalue weighted by molar-refractivity contribution is 6.02. The van der Waals surface area contributed by atoms with Gasteiger partial charge in [-0.2, -0.15) is 0 Å². The number of carbonyl (C=O) groups is 2. The van der Waals surface area contributed by atoms with Gasteiger partial charge in [-0.15, -0.1) is 0 Å². The Morgan fingerprint density at radius 3 is 2.21 bits per heavy atom. The molecule has 0 spiro atoms. The first-order valence-electron chi connectivity index (χ1n) is 17.3. The average molecular weight is 591 g/mol. The summed E-state index contributed by atoms with van der Waals surface area (Å²) in [5, 5.41) is 9.66. The van der Waals surface area contributed by atoms with E-state index in [1.54, 1.807) is 18.2 Å². The minimum absolute atomic E-state index is 0.0128. The number of esters is 1. The van der Waals surface area contributed by atoms with E-state index < -0.39 is 11.9 Å². The van der Waals surface area contributed by atoms with Crippen LogP contribution >= 0.6 is 0 Å². The number of benzene rings is 1. The predicted molar refractivity (Wildman–Crippen MR) is 167 cm³/mol. The molecule has 1 heterocycles. The third kappa shape index (κ3) is 3.85. The SMILES string of the molecule is CC1(C)CC[C@@]23CC[C@]4(C)[C@@H](CC[C@H]5[C@@]6(C)CC[C@@H](OC(=O)c7ccccc7C(=O)O)C(C)(C)[C@@H]6CC[C@]54C)[C@@H]2[C@@H]1OC3. The molecule has 5 saturated carbocycles. The fourth-order valence-electron chi connectivity index (χ4n) is 13.2. The number of carboxylic acid groups (broad SMARTS) is 1. The number of rotatable bonds is 3. The minimum atomic E-state index is -1.09. The molecule has 2 bridgehead atoms. The molecule has 43 heavy (non-hydrogen) atoms. The molecule has 6 fully saturated rings. The fourth-order valence-corrected chi connectivity index (χ4v) is 13.2. The van der Waals surface area contributed by atoms with E-state index in [9.17, 15) is 14.7 Å². The van der Waals surface area contributed by atoms with Crippen molar-refractivity contribution in [2.75, 3.05) is 6.61 Å². The van der Waals surface area contributed by atoms with Gasteiger partial charge >= 0.3 is 11.9 Å². The molecule has 1 N–H and O–H groups in total. The van der Waals surface area contributed by atoms with Crippen molar-refractivity contribution in [3.05, 3.63) is 35.4 Å². The zero-order valence-electron chi connectivity index (χ0n) is 27.6. The molecule has 5 aliphatic carbocycles. The van der Waals surface area contributed by atoms with Crippen LogP contribution < -0.4 is 0 Å². The molecule has 5 nitrogen and oxygen atoms in total. The molecule has 0 amide bonds. The van der Waals surface area contributed by atoms with Crippen molar-refractivity contribution in [3.8, 4) is 0 Å². The fraction of sp³-hybridized carbons (Fsp3) is 0.789. The van der Waals surface area contributed by atoms with Gasteiger partial charge in [0.25, 0.3) is 0 Å². The van der Waals surface area contributed by atoms with E-state index in [0.717, 1.165) is 25.4 Å². The van der Waals surface area contributed by atoms with Gasteiger partial charge in [-0.25, -0.2) is 9.59 Å². The average Bonchev–Trinajstić information content (AvgIpc) is 3.29. The summed E-state index contributed by atoms with van der Waals surface area (Å²) in [6.45, 7) is 18.5.